The van der Waals surface area contributed by atoms with Crippen molar-refractivity contribution in [2.75, 3.05) is 16.6 Å². The molecule has 126 valence electrons. The molecule has 0 radical (unpaired) electrons. The van der Waals surface area contributed by atoms with Gasteiger partial charge in [-0.2, -0.15) is 0 Å². The van der Waals surface area contributed by atoms with E-state index in [9.17, 15) is 19.3 Å². The number of nitrogens with zero attached hydrogens (tertiary/aromatic N) is 2. The first-order valence-corrected chi connectivity index (χ1v) is 9.09. The first-order chi connectivity index (χ1) is 11.5. The predicted molar refractivity (Wildman–Crippen MR) is 92.5 cm³/mol. The number of rotatable bonds is 2. The van der Waals surface area contributed by atoms with E-state index in [1.165, 1.54) is 4.31 Å². The Morgan fingerprint density at radius 3 is 2.58 bits per heavy atom. The van der Waals surface area contributed by atoms with Crippen LogP contribution in [-0.2, 0) is 0 Å². The third-order valence-electron chi connectivity index (χ3n) is 4.03. The lowest BCUT2D eigenvalue weighted by molar-refractivity contribution is 0.409. The molecule has 4 N–H and O–H groups in total. The molecule has 1 fully saturated rings. The quantitative estimate of drug-likeness (QED) is 0.558. The first-order valence-electron chi connectivity index (χ1n) is 7.42. The summed E-state index contributed by atoms with van der Waals surface area (Å²) in [5, 5.41) is 21.3. The highest BCUT2D eigenvalue weighted by atomic mass is 32.3. The van der Waals surface area contributed by atoms with E-state index in [1.807, 2.05) is 30.3 Å². The van der Waals surface area contributed by atoms with Crippen molar-refractivity contribution in [1.29, 1.82) is 0 Å². The van der Waals surface area contributed by atoms with E-state index in [2.05, 4.69) is 4.98 Å². The number of fused-ring (bicyclic) bond motifs is 1. The Balaban J connectivity index is 1.82. The summed E-state index contributed by atoms with van der Waals surface area (Å²) in [5.41, 5.74) is 1.07. The van der Waals surface area contributed by atoms with E-state index in [1.54, 1.807) is 6.07 Å². The van der Waals surface area contributed by atoms with Crippen molar-refractivity contribution in [2.24, 2.45) is 0 Å². The highest BCUT2D eigenvalue weighted by Gasteiger charge is 2.36. The molecule has 7 nitrogen and oxygen atoms in total. The molecule has 3 aromatic rings. The van der Waals surface area contributed by atoms with Gasteiger partial charge in [-0.1, -0.05) is 24.3 Å². The highest BCUT2D eigenvalue weighted by Crippen LogP contribution is 2.57. The summed E-state index contributed by atoms with van der Waals surface area (Å²) in [7, 11) is -3.03. The van der Waals surface area contributed by atoms with Crippen molar-refractivity contribution < 1.29 is 23.7 Å². The van der Waals surface area contributed by atoms with Crippen molar-refractivity contribution in [3.05, 3.63) is 36.4 Å². The molecule has 0 spiro atoms. The van der Waals surface area contributed by atoms with Gasteiger partial charge in [0.1, 0.15) is 5.69 Å². The maximum Gasteiger partial charge on any atom is 0.261 e. The van der Waals surface area contributed by atoms with Crippen LogP contribution in [0.3, 0.4) is 0 Å². The molecule has 0 saturated carbocycles. The predicted octanol–water partition coefficient (Wildman–Crippen LogP) is 3.78. The minimum absolute atomic E-state index is 0.00430. The summed E-state index contributed by atoms with van der Waals surface area (Å²) < 4.78 is 26.8. The van der Waals surface area contributed by atoms with Crippen molar-refractivity contribution >= 4 is 27.6 Å². The van der Waals surface area contributed by atoms with Crippen LogP contribution in [0, 0.1) is 0 Å². The van der Waals surface area contributed by atoms with Gasteiger partial charge in [-0.05, 0) is 18.6 Å². The van der Waals surface area contributed by atoms with Crippen LogP contribution >= 0.6 is 10.8 Å². The standard InChI is InChI=1S/C16H16N2O5S/c19-13-14(20)16(18-8-3-9-24(18,21)22)23-15(13)12-7-6-10-4-1-2-5-11(10)17-12/h1-2,4-7,19-22H,3,8-9H2. The number of hydrogen-bond acceptors (Lipinski definition) is 7. The molecule has 0 aliphatic carbocycles. The molecular weight excluding hydrogens is 332 g/mol. The second-order valence-corrected chi connectivity index (χ2v) is 7.73. The van der Waals surface area contributed by atoms with Crippen LogP contribution in [-0.4, -0.2) is 36.6 Å². The normalized spacial score (nSPS) is 18.2. The maximum atomic E-state index is 10.2. The molecule has 1 saturated heterocycles. The number of benzene rings is 1. The molecule has 0 bridgehead atoms. The Hall–Kier alpha value is -2.42. The largest absolute Gasteiger partial charge is 0.501 e. The Morgan fingerprint density at radius 2 is 1.83 bits per heavy atom. The minimum atomic E-state index is -3.03. The van der Waals surface area contributed by atoms with Crippen LogP contribution in [0.2, 0.25) is 0 Å². The van der Waals surface area contributed by atoms with Crippen molar-refractivity contribution in [3.8, 4) is 23.0 Å². The first kappa shape index (κ1) is 15.1. The fourth-order valence-corrected chi connectivity index (χ4v) is 4.38. The summed E-state index contributed by atoms with van der Waals surface area (Å²) >= 11 is 0. The van der Waals surface area contributed by atoms with E-state index >= 15 is 0 Å². The molecule has 24 heavy (non-hydrogen) atoms. The molecule has 0 unspecified atom stereocenters. The summed E-state index contributed by atoms with van der Waals surface area (Å²) in [6.45, 7) is 0.327. The average Bonchev–Trinajstić information content (AvgIpc) is 3.07. The van der Waals surface area contributed by atoms with Gasteiger partial charge in [0.2, 0.25) is 17.3 Å². The number of aromatic nitrogens is 1. The number of pyridine rings is 1. The summed E-state index contributed by atoms with van der Waals surface area (Å²) in [6.07, 6.45) is 0.562. The molecule has 2 aromatic heterocycles. The Labute approximate surface area is 139 Å². The monoisotopic (exact) mass is 348 g/mol. The van der Waals surface area contributed by atoms with Gasteiger partial charge in [0.25, 0.3) is 5.88 Å². The highest BCUT2D eigenvalue weighted by molar-refractivity contribution is 8.25. The van der Waals surface area contributed by atoms with Crippen molar-refractivity contribution in [3.63, 3.8) is 0 Å². The molecular formula is C16H16N2O5S. The van der Waals surface area contributed by atoms with E-state index in [-0.39, 0.29) is 17.4 Å². The smallest absolute Gasteiger partial charge is 0.261 e. The SMILES string of the molecule is Oc1c(-c2ccc3ccccc3n2)oc(N2CCCS2(O)O)c1O. The second-order valence-electron chi connectivity index (χ2n) is 5.61. The van der Waals surface area contributed by atoms with Crippen LogP contribution in [0.5, 0.6) is 11.5 Å². The zero-order valence-corrected chi connectivity index (χ0v) is 13.4. The lowest BCUT2D eigenvalue weighted by Gasteiger charge is -2.35. The van der Waals surface area contributed by atoms with Crippen LogP contribution < -0.4 is 4.31 Å². The zero-order chi connectivity index (χ0) is 16.9. The minimum Gasteiger partial charge on any atom is -0.501 e. The number of para-hydroxylation sites is 1. The average molecular weight is 348 g/mol. The third kappa shape index (κ3) is 2.27. The Bertz CT molecular complexity index is 924. The van der Waals surface area contributed by atoms with Gasteiger partial charge in [0.05, 0.1) is 11.3 Å². The van der Waals surface area contributed by atoms with Crippen molar-refractivity contribution in [2.45, 2.75) is 6.42 Å². The van der Waals surface area contributed by atoms with Crippen LogP contribution in [0.4, 0.5) is 5.88 Å². The molecule has 0 atom stereocenters. The van der Waals surface area contributed by atoms with E-state index in [0.29, 0.717) is 18.7 Å². The Morgan fingerprint density at radius 1 is 1.04 bits per heavy atom. The maximum absolute atomic E-state index is 10.2. The third-order valence-corrected chi connectivity index (χ3v) is 5.92. The van der Waals surface area contributed by atoms with Crippen LogP contribution in [0.25, 0.3) is 22.4 Å². The fraction of sp³-hybridized carbons (Fsp3) is 0.188. The Kier molecular flexibility index (Phi) is 3.34. The van der Waals surface area contributed by atoms with Crippen molar-refractivity contribution in [1.82, 2.24) is 4.98 Å². The topological polar surface area (TPSA) is 110 Å². The molecule has 3 heterocycles. The number of hydrogen-bond donors (Lipinski definition) is 4. The van der Waals surface area contributed by atoms with Gasteiger partial charge in [-0.3, -0.25) is 9.11 Å². The summed E-state index contributed by atoms with van der Waals surface area (Å²) in [5.74, 6) is -0.917. The van der Waals surface area contributed by atoms with Gasteiger partial charge in [-0.15, -0.1) is 10.8 Å². The molecule has 0 amide bonds. The molecule has 1 aliphatic rings. The zero-order valence-electron chi connectivity index (χ0n) is 12.6. The van der Waals surface area contributed by atoms with Gasteiger partial charge in [0.15, 0.2) is 0 Å². The van der Waals surface area contributed by atoms with E-state index < -0.39 is 22.3 Å². The van der Waals surface area contributed by atoms with E-state index in [0.717, 1.165) is 10.9 Å². The van der Waals surface area contributed by atoms with E-state index in [4.69, 9.17) is 4.42 Å². The van der Waals surface area contributed by atoms with Gasteiger partial charge in [-0.25, -0.2) is 9.29 Å². The molecule has 8 heteroatoms. The summed E-state index contributed by atoms with van der Waals surface area (Å²) in [6, 6.07) is 11.0. The molecule has 4 rings (SSSR count). The van der Waals surface area contributed by atoms with Gasteiger partial charge >= 0.3 is 0 Å². The number of anilines is 1. The number of aromatic hydroxyl groups is 2. The molecule has 1 aromatic carbocycles. The number of furan rings is 1. The van der Waals surface area contributed by atoms with Crippen LogP contribution in [0.1, 0.15) is 6.42 Å². The second kappa shape index (κ2) is 5.30. The summed E-state index contributed by atoms with van der Waals surface area (Å²) in [4.78, 5) is 4.42. The van der Waals surface area contributed by atoms with Gasteiger partial charge < -0.3 is 14.6 Å². The lowest BCUT2D eigenvalue weighted by atomic mass is 10.2. The molecule has 1 aliphatic heterocycles. The van der Waals surface area contributed by atoms with Crippen LogP contribution in [0.15, 0.2) is 40.8 Å². The fourth-order valence-electron chi connectivity index (χ4n) is 2.83. The lowest BCUT2D eigenvalue weighted by Crippen LogP contribution is -2.21. The van der Waals surface area contributed by atoms with Gasteiger partial charge in [0, 0.05) is 11.9 Å².